The van der Waals surface area contributed by atoms with Gasteiger partial charge in [0.25, 0.3) is 0 Å². The lowest BCUT2D eigenvalue weighted by molar-refractivity contribution is -0.137. The normalized spacial score (nSPS) is 16.8. The van der Waals surface area contributed by atoms with Gasteiger partial charge in [0, 0.05) is 42.1 Å². The lowest BCUT2D eigenvalue weighted by Crippen LogP contribution is -2.45. The van der Waals surface area contributed by atoms with Crippen LogP contribution >= 0.6 is 0 Å². The number of anilines is 1. The zero-order valence-corrected chi connectivity index (χ0v) is 23.8. The molecule has 43 heavy (non-hydrogen) atoms. The van der Waals surface area contributed by atoms with Crippen LogP contribution in [0.15, 0.2) is 91.0 Å². The number of nitrogens with one attached hydrogen (secondary N) is 2. The predicted octanol–water partition coefficient (Wildman–Crippen LogP) is 5.84. The average Bonchev–Trinajstić information content (AvgIpc) is 3.37. The lowest BCUT2D eigenvalue weighted by atomic mass is 9.77. The molecule has 0 saturated heterocycles. The number of hydrogen-bond acceptors (Lipinski definition) is 5. The molecule has 2 aliphatic rings. The van der Waals surface area contributed by atoms with Gasteiger partial charge in [-0.1, -0.05) is 66.7 Å². The monoisotopic (exact) mass is 576 g/mol. The molecule has 0 aliphatic carbocycles. The first-order valence-electron chi connectivity index (χ1n) is 14.4. The smallest absolute Gasteiger partial charge is 0.303 e. The molecular formula is C35H32N2O6. The maximum atomic E-state index is 13.6. The lowest BCUT2D eigenvalue weighted by Gasteiger charge is -2.37. The number of fused-ring (bicyclic) bond motifs is 6. The fraction of sp³-hybridized carbons (Fsp3) is 0.229. The van der Waals surface area contributed by atoms with Gasteiger partial charge in [-0.2, -0.15) is 0 Å². The summed E-state index contributed by atoms with van der Waals surface area (Å²) in [7, 11) is 0. The molecule has 2 amide bonds. The summed E-state index contributed by atoms with van der Waals surface area (Å²) in [6, 6.07) is 28.4. The van der Waals surface area contributed by atoms with Crippen LogP contribution in [0.25, 0.3) is 0 Å². The Balaban J connectivity index is 1.29. The van der Waals surface area contributed by atoms with E-state index in [9.17, 15) is 14.4 Å². The Hall–Kier alpha value is -4.95. The zero-order valence-electron chi connectivity index (χ0n) is 23.8. The average molecular weight is 577 g/mol. The highest BCUT2D eigenvalue weighted by Crippen LogP contribution is 2.56. The van der Waals surface area contributed by atoms with Gasteiger partial charge in [0.2, 0.25) is 11.8 Å². The van der Waals surface area contributed by atoms with Crippen molar-refractivity contribution in [1.29, 1.82) is 0 Å². The van der Waals surface area contributed by atoms with Crippen molar-refractivity contribution in [1.82, 2.24) is 5.32 Å². The molecule has 8 heteroatoms. The van der Waals surface area contributed by atoms with Gasteiger partial charge in [0.05, 0.1) is 6.61 Å². The van der Waals surface area contributed by atoms with Gasteiger partial charge < -0.3 is 25.2 Å². The summed E-state index contributed by atoms with van der Waals surface area (Å²) in [6.45, 7) is 2.48. The molecule has 3 N–H and O–H groups in total. The van der Waals surface area contributed by atoms with Crippen LogP contribution in [0.2, 0.25) is 0 Å². The maximum Gasteiger partial charge on any atom is 0.303 e. The third-order valence-corrected chi connectivity index (χ3v) is 7.93. The van der Waals surface area contributed by atoms with E-state index in [1.54, 1.807) is 6.07 Å². The molecule has 0 saturated carbocycles. The van der Waals surface area contributed by atoms with Crippen molar-refractivity contribution >= 4 is 23.5 Å². The standard InChI is InChI=1S/C35H32N2O6/c1-22-14-16-27-30(18-22)43-31-20-25(15-17-28(31)35(27)26-11-6-5-10-24(26)21-42-35)36-34(41)29(19-23-8-3-2-4-9-23)37-32(38)12-7-13-33(39)40/h2-6,8-11,14-18,20,29H,7,12-13,19,21H2,1H3,(H,36,41)(H,37,38)(H,39,40). The van der Waals surface area contributed by atoms with Crippen LogP contribution in [0.1, 0.15) is 52.6 Å². The molecule has 0 fully saturated rings. The molecule has 2 unspecified atom stereocenters. The summed E-state index contributed by atoms with van der Waals surface area (Å²) in [5.74, 6) is -0.461. The van der Waals surface area contributed by atoms with Gasteiger partial charge in [-0.3, -0.25) is 14.4 Å². The highest BCUT2D eigenvalue weighted by Gasteiger charge is 2.49. The Kier molecular flexibility index (Phi) is 7.69. The second-order valence-corrected chi connectivity index (χ2v) is 11.0. The van der Waals surface area contributed by atoms with E-state index in [2.05, 4.69) is 34.9 Å². The van der Waals surface area contributed by atoms with E-state index >= 15 is 0 Å². The summed E-state index contributed by atoms with van der Waals surface area (Å²) in [5, 5.41) is 14.7. The molecule has 2 heterocycles. The number of carbonyl (C=O) groups excluding carboxylic acids is 2. The molecule has 4 aromatic rings. The fourth-order valence-electron chi connectivity index (χ4n) is 5.90. The quantitative estimate of drug-likeness (QED) is 0.231. The number of carboxylic acid groups (broad SMARTS) is 1. The highest BCUT2D eigenvalue weighted by atomic mass is 16.5. The minimum Gasteiger partial charge on any atom is -0.481 e. The first kappa shape index (κ1) is 28.2. The van der Waals surface area contributed by atoms with Gasteiger partial charge in [-0.25, -0.2) is 0 Å². The van der Waals surface area contributed by atoms with E-state index in [4.69, 9.17) is 14.6 Å². The molecule has 6 rings (SSSR count). The number of ether oxygens (including phenoxy) is 2. The molecule has 0 radical (unpaired) electrons. The number of amides is 2. The summed E-state index contributed by atoms with van der Waals surface area (Å²) in [4.78, 5) is 37.1. The molecule has 0 bridgehead atoms. The molecule has 2 atom stereocenters. The third-order valence-electron chi connectivity index (χ3n) is 7.93. The van der Waals surface area contributed by atoms with Gasteiger partial charge in [0.15, 0.2) is 5.60 Å². The number of carboxylic acids is 1. The third kappa shape index (κ3) is 5.61. The molecule has 1 spiro atoms. The minimum absolute atomic E-state index is 0.0138. The van der Waals surface area contributed by atoms with Crippen molar-refractivity contribution in [2.45, 2.75) is 50.9 Å². The first-order valence-corrected chi connectivity index (χ1v) is 14.4. The molecule has 0 aromatic heterocycles. The second kappa shape index (κ2) is 11.7. The van der Waals surface area contributed by atoms with Crippen molar-refractivity contribution in [3.05, 3.63) is 124 Å². The molecule has 2 aliphatic heterocycles. The van der Waals surface area contributed by atoms with E-state index in [0.717, 1.165) is 33.4 Å². The van der Waals surface area contributed by atoms with E-state index in [-0.39, 0.29) is 37.5 Å². The minimum atomic E-state index is -0.966. The van der Waals surface area contributed by atoms with Gasteiger partial charge in [-0.05, 0) is 53.8 Å². The number of aryl methyl sites for hydroxylation is 1. The van der Waals surface area contributed by atoms with Gasteiger partial charge in [-0.15, -0.1) is 0 Å². The Morgan fingerprint density at radius 2 is 1.58 bits per heavy atom. The molecule has 8 nitrogen and oxygen atoms in total. The van der Waals surface area contributed by atoms with Crippen LogP contribution < -0.4 is 15.4 Å². The highest BCUT2D eigenvalue weighted by molar-refractivity contribution is 5.97. The van der Waals surface area contributed by atoms with Crippen molar-refractivity contribution in [2.75, 3.05) is 5.32 Å². The maximum absolute atomic E-state index is 13.6. The first-order chi connectivity index (χ1) is 20.8. The van der Waals surface area contributed by atoms with Gasteiger partial charge in [0.1, 0.15) is 17.5 Å². The number of benzene rings is 4. The summed E-state index contributed by atoms with van der Waals surface area (Å²) < 4.78 is 13.0. The Labute approximate surface area is 249 Å². The fourth-order valence-corrected chi connectivity index (χ4v) is 5.90. The summed E-state index contributed by atoms with van der Waals surface area (Å²) in [5.41, 5.74) is 5.57. The van der Waals surface area contributed by atoms with Crippen molar-refractivity contribution < 1.29 is 29.0 Å². The van der Waals surface area contributed by atoms with Crippen LogP contribution in [-0.4, -0.2) is 28.9 Å². The number of carbonyl (C=O) groups is 3. The predicted molar refractivity (Wildman–Crippen MR) is 161 cm³/mol. The SMILES string of the molecule is Cc1ccc2c(c1)Oc1cc(NC(=O)C(Cc3ccccc3)NC(=O)CCCC(=O)O)ccc1C21OCc2ccccc21. The Morgan fingerprint density at radius 1 is 0.860 bits per heavy atom. The largest absolute Gasteiger partial charge is 0.481 e. The van der Waals surface area contributed by atoms with E-state index in [1.807, 2.05) is 67.6 Å². The van der Waals surface area contributed by atoms with Crippen molar-refractivity contribution in [3.8, 4) is 11.5 Å². The van der Waals surface area contributed by atoms with E-state index in [1.165, 1.54) is 0 Å². The Morgan fingerprint density at radius 3 is 2.37 bits per heavy atom. The number of aliphatic carboxylic acids is 1. The molecular weight excluding hydrogens is 544 g/mol. The second-order valence-electron chi connectivity index (χ2n) is 11.0. The number of rotatable bonds is 9. The van der Waals surface area contributed by atoms with Crippen molar-refractivity contribution in [3.63, 3.8) is 0 Å². The zero-order chi connectivity index (χ0) is 30.0. The van der Waals surface area contributed by atoms with Crippen LogP contribution in [0, 0.1) is 6.92 Å². The van der Waals surface area contributed by atoms with E-state index < -0.39 is 17.6 Å². The van der Waals surface area contributed by atoms with Crippen molar-refractivity contribution in [2.24, 2.45) is 0 Å². The molecule has 218 valence electrons. The summed E-state index contributed by atoms with van der Waals surface area (Å²) >= 11 is 0. The van der Waals surface area contributed by atoms with E-state index in [0.29, 0.717) is 23.8 Å². The van der Waals surface area contributed by atoms with Crippen LogP contribution in [0.4, 0.5) is 5.69 Å². The van der Waals surface area contributed by atoms with Crippen LogP contribution in [0.3, 0.4) is 0 Å². The van der Waals surface area contributed by atoms with Crippen LogP contribution in [0.5, 0.6) is 11.5 Å². The summed E-state index contributed by atoms with van der Waals surface area (Å²) in [6.07, 6.45) is 0.367. The molecule has 4 aromatic carbocycles. The van der Waals surface area contributed by atoms with Crippen LogP contribution in [-0.2, 0) is 37.7 Å². The number of hydrogen-bond donors (Lipinski definition) is 3. The topological polar surface area (TPSA) is 114 Å². The van der Waals surface area contributed by atoms with Gasteiger partial charge >= 0.3 is 5.97 Å². The Bertz CT molecular complexity index is 1700.